The van der Waals surface area contributed by atoms with Crippen molar-refractivity contribution in [2.45, 2.75) is 38.5 Å². The van der Waals surface area contributed by atoms with E-state index < -0.39 is 0 Å². The van der Waals surface area contributed by atoms with E-state index in [1.807, 2.05) is 7.05 Å². The van der Waals surface area contributed by atoms with E-state index in [1.54, 1.807) is 0 Å². The van der Waals surface area contributed by atoms with Gasteiger partial charge in [-0.05, 0) is 38.5 Å². The average molecular weight is 232 g/mol. The molecule has 4 heteroatoms. The molecule has 2 N–H and O–H groups in total. The second-order valence-corrected chi connectivity index (χ2v) is 5.25. The lowest BCUT2D eigenvalue weighted by Crippen LogP contribution is -2.11. The Kier molecular flexibility index (Phi) is 2.65. The van der Waals surface area contributed by atoms with Crippen molar-refractivity contribution in [1.29, 1.82) is 0 Å². The van der Waals surface area contributed by atoms with Crippen LogP contribution < -0.4 is 10.6 Å². The van der Waals surface area contributed by atoms with Crippen LogP contribution in [0.15, 0.2) is 0 Å². The smallest absolute Gasteiger partial charge is 0.136 e. The predicted octanol–water partition coefficient (Wildman–Crippen LogP) is 2.53. The zero-order valence-corrected chi connectivity index (χ0v) is 10.6. The van der Waals surface area contributed by atoms with Crippen molar-refractivity contribution in [3.8, 4) is 0 Å². The lowest BCUT2D eigenvalue weighted by Gasteiger charge is -2.13. The van der Waals surface area contributed by atoms with Crippen LogP contribution in [0.2, 0.25) is 0 Å². The summed E-state index contributed by atoms with van der Waals surface area (Å²) in [5.74, 6) is 4.48. The molecule has 0 unspecified atom stereocenters. The third-order valence-electron chi connectivity index (χ3n) is 3.60. The highest BCUT2D eigenvalue weighted by Gasteiger charge is 2.28. The van der Waals surface area contributed by atoms with Crippen molar-refractivity contribution in [3.63, 3.8) is 0 Å². The molecule has 0 radical (unpaired) electrons. The Labute approximate surface area is 102 Å². The maximum atomic E-state index is 4.68. The Morgan fingerprint density at radius 2 is 1.82 bits per heavy atom. The van der Waals surface area contributed by atoms with Gasteiger partial charge in [-0.2, -0.15) is 0 Å². The van der Waals surface area contributed by atoms with Crippen molar-refractivity contribution in [1.82, 2.24) is 9.97 Å². The Morgan fingerprint density at radius 1 is 1.12 bits per heavy atom. The number of rotatable bonds is 5. The van der Waals surface area contributed by atoms with E-state index in [2.05, 4.69) is 27.5 Å². The summed E-state index contributed by atoms with van der Waals surface area (Å²) in [5, 5.41) is 6.65. The zero-order valence-electron chi connectivity index (χ0n) is 10.6. The Balaban J connectivity index is 1.84. The second-order valence-electron chi connectivity index (χ2n) is 5.25. The topological polar surface area (TPSA) is 49.8 Å². The minimum absolute atomic E-state index is 0.601. The molecule has 0 spiro atoms. The van der Waals surface area contributed by atoms with Crippen LogP contribution in [0.25, 0.3) is 0 Å². The van der Waals surface area contributed by atoms with E-state index in [9.17, 15) is 0 Å². The summed E-state index contributed by atoms with van der Waals surface area (Å²) < 4.78 is 0. The number of aromatic nitrogens is 2. The molecule has 0 amide bonds. The van der Waals surface area contributed by atoms with Crippen LogP contribution in [0.3, 0.4) is 0 Å². The summed E-state index contributed by atoms with van der Waals surface area (Å²) in [5.41, 5.74) is 1.14. The van der Waals surface area contributed by atoms with Gasteiger partial charge in [0.2, 0.25) is 0 Å². The fourth-order valence-corrected chi connectivity index (χ4v) is 2.04. The maximum absolute atomic E-state index is 4.68. The molecular formula is C13H20N4. The standard InChI is InChI=1S/C13H20N4/c1-8-11(14-2)16-13(10-5-6-10)17-12(8)15-7-9-3-4-9/h9-10H,3-7H2,1-2H3,(H2,14,15,16,17). The van der Waals surface area contributed by atoms with Crippen LogP contribution in [-0.2, 0) is 0 Å². The molecule has 0 aromatic carbocycles. The Hall–Kier alpha value is -1.32. The van der Waals surface area contributed by atoms with E-state index in [0.29, 0.717) is 5.92 Å². The third kappa shape index (κ3) is 2.35. The van der Waals surface area contributed by atoms with Crippen LogP contribution in [0.5, 0.6) is 0 Å². The lowest BCUT2D eigenvalue weighted by atomic mass is 10.2. The van der Waals surface area contributed by atoms with Gasteiger partial charge in [0.15, 0.2) is 0 Å². The molecule has 0 saturated heterocycles. The maximum Gasteiger partial charge on any atom is 0.136 e. The van der Waals surface area contributed by atoms with Crippen molar-refractivity contribution in [2.24, 2.45) is 5.92 Å². The Bertz CT molecular complexity index is 422. The largest absolute Gasteiger partial charge is 0.373 e. The molecule has 0 bridgehead atoms. The molecule has 0 aliphatic heterocycles. The molecule has 92 valence electrons. The van der Waals surface area contributed by atoms with E-state index in [4.69, 9.17) is 0 Å². The number of anilines is 2. The van der Waals surface area contributed by atoms with Gasteiger partial charge in [-0.1, -0.05) is 0 Å². The number of nitrogens with one attached hydrogen (secondary N) is 2. The predicted molar refractivity (Wildman–Crippen MR) is 69.5 cm³/mol. The van der Waals surface area contributed by atoms with Crippen molar-refractivity contribution >= 4 is 11.6 Å². The molecule has 1 heterocycles. The minimum atomic E-state index is 0.601. The summed E-state index contributed by atoms with van der Waals surface area (Å²) in [6.45, 7) is 3.14. The summed E-state index contributed by atoms with van der Waals surface area (Å²) in [4.78, 5) is 9.27. The first-order valence-electron chi connectivity index (χ1n) is 6.58. The summed E-state index contributed by atoms with van der Waals surface area (Å²) in [7, 11) is 1.93. The van der Waals surface area contributed by atoms with Gasteiger partial charge in [-0.3, -0.25) is 0 Å². The van der Waals surface area contributed by atoms with Gasteiger partial charge in [-0.25, -0.2) is 9.97 Å². The summed E-state index contributed by atoms with van der Waals surface area (Å²) >= 11 is 0. The van der Waals surface area contributed by atoms with Gasteiger partial charge in [0.25, 0.3) is 0 Å². The van der Waals surface area contributed by atoms with Crippen molar-refractivity contribution in [3.05, 3.63) is 11.4 Å². The van der Waals surface area contributed by atoms with Gasteiger partial charge in [0.05, 0.1) is 0 Å². The highest BCUT2D eigenvalue weighted by Crippen LogP contribution is 2.39. The molecule has 2 aliphatic carbocycles. The molecule has 1 aromatic heterocycles. The highest BCUT2D eigenvalue weighted by atomic mass is 15.1. The molecule has 3 rings (SSSR count). The third-order valence-corrected chi connectivity index (χ3v) is 3.60. The normalized spacial score (nSPS) is 19.2. The number of hydrogen-bond acceptors (Lipinski definition) is 4. The van der Waals surface area contributed by atoms with Crippen molar-refractivity contribution in [2.75, 3.05) is 24.2 Å². The molecule has 0 atom stereocenters. The van der Waals surface area contributed by atoms with Crippen LogP contribution in [0.1, 0.15) is 43.0 Å². The number of hydrogen-bond donors (Lipinski definition) is 2. The van der Waals surface area contributed by atoms with E-state index in [1.165, 1.54) is 25.7 Å². The first kappa shape index (κ1) is 10.8. The van der Waals surface area contributed by atoms with Gasteiger partial charge in [0.1, 0.15) is 17.5 Å². The Morgan fingerprint density at radius 3 is 2.41 bits per heavy atom. The average Bonchev–Trinajstić information content (AvgIpc) is 3.18. The molecule has 2 aliphatic rings. The first-order valence-corrected chi connectivity index (χ1v) is 6.58. The van der Waals surface area contributed by atoms with Crippen LogP contribution in [0, 0.1) is 12.8 Å². The fourth-order valence-electron chi connectivity index (χ4n) is 2.04. The van der Waals surface area contributed by atoms with E-state index in [-0.39, 0.29) is 0 Å². The molecule has 1 aromatic rings. The molecule has 2 saturated carbocycles. The SMILES string of the molecule is CNc1nc(C2CC2)nc(NCC2CC2)c1C. The van der Waals surface area contributed by atoms with Crippen LogP contribution in [0.4, 0.5) is 11.6 Å². The lowest BCUT2D eigenvalue weighted by molar-refractivity contribution is 0.862. The van der Waals surface area contributed by atoms with E-state index in [0.717, 1.165) is 35.5 Å². The molecular weight excluding hydrogens is 212 g/mol. The molecule has 2 fully saturated rings. The molecule has 17 heavy (non-hydrogen) atoms. The fraction of sp³-hybridized carbons (Fsp3) is 0.692. The summed E-state index contributed by atoms with van der Waals surface area (Å²) in [6.07, 6.45) is 5.22. The second kappa shape index (κ2) is 4.17. The van der Waals surface area contributed by atoms with Gasteiger partial charge in [-0.15, -0.1) is 0 Å². The van der Waals surface area contributed by atoms with Crippen molar-refractivity contribution < 1.29 is 0 Å². The van der Waals surface area contributed by atoms with Gasteiger partial charge < -0.3 is 10.6 Å². The zero-order chi connectivity index (χ0) is 11.8. The quantitative estimate of drug-likeness (QED) is 0.819. The van der Waals surface area contributed by atoms with Gasteiger partial charge in [0, 0.05) is 25.1 Å². The minimum Gasteiger partial charge on any atom is -0.373 e. The summed E-state index contributed by atoms with van der Waals surface area (Å²) in [6, 6.07) is 0. The molecule has 4 nitrogen and oxygen atoms in total. The number of nitrogens with zero attached hydrogens (tertiary/aromatic N) is 2. The monoisotopic (exact) mass is 232 g/mol. The van der Waals surface area contributed by atoms with Crippen LogP contribution >= 0.6 is 0 Å². The van der Waals surface area contributed by atoms with Crippen LogP contribution in [-0.4, -0.2) is 23.6 Å². The first-order chi connectivity index (χ1) is 8.28. The van der Waals surface area contributed by atoms with E-state index >= 15 is 0 Å². The highest BCUT2D eigenvalue weighted by molar-refractivity contribution is 5.57. The van der Waals surface area contributed by atoms with Gasteiger partial charge >= 0.3 is 0 Å².